The predicted octanol–water partition coefficient (Wildman–Crippen LogP) is 2.86. The van der Waals surface area contributed by atoms with Crippen molar-refractivity contribution >= 4 is 15.7 Å². The third-order valence-electron chi connectivity index (χ3n) is 4.59. The average Bonchev–Trinajstić information content (AvgIpc) is 2.55. The van der Waals surface area contributed by atoms with Crippen LogP contribution in [0.25, 0.3) is 0 Å². The number of carbonyl (C=O) groups is 1. The number of hydrogen-bond acceptors (Lipinski definition) is 3. The Bertz CT molecular complexity index is 614. The second-order valence-corrected chi connectivity index (χ2v) is 8.29. The van der Waals surface area contributed by atoms with Gasteiger partial charge in [0.15, 0.2) is 14.6 Å². The molecule has 4 nitrogen and oxygen atoms in total. The Morgan fingerprint density at radius 1 is 1.14 bits per heavy atom. The Morgan fingerprint density at radius 3 is 2.23 bits per heavy atom. The second-order valence-electron chi connectivity index (χ2n) is 6.03. The highest BCUT2D eigenvalue weighted by atomic mass is 32.2. The van der Waals surface area contributed by atoms with Crippen molar-refractivity contribution in [3.63, 3.8) is 0 Å². The number of hydrogen-bond donors (Lipinski definition) is 1. The van der Waals surface area contributed by atoms with Crippen LogP contribution in [0.1, 0.15) is 51.0 Å². The van der Waals surface area contributed by atoms with Crippen molar-refractivity contribution in [2.24, 2.45) is 0 Å². The van der Waals surface area contributed by atoms with E-state index in [9.17, 15) is 13.2 Å². The van der Waals surface area contributed by atoms with Gasteiger partial charge in [-0.3, -0.25) is 4.79 Å². The van der Waals surface area contributed by atoms with Crippen molar-refractivity contribution in [2.75, 3.05) is 7.05 Å². The highest BCUT2D eigenvalue weighted by molar-refractivity contribution is 7.93. The number of amides is 1. The molecule has 1 aliphatic rings. The molecule has 0 aliphatic heterocycles. The maximum Gasteiger partial charge on any atom is 0.241 e. The molecule has 0 saturated heterocycles. The maximum absolute atomic E-state index is 13.1. The summed E-state index contributed by atoms with van der Waals surface area (Å²) in [6.45, 7) is 2.09. The molecular weight excluding hydrogens is 298 g/mol. The first kappa shape index (κ1) is 17.0. The monoisotopic (exact) mass is 323 g/mol. The van der Waals surface area contributed by atoms with Crippen LogP contribution in [-0.2, 0) is 21.1 Å². The van der Waals surface area contributed by atoms with E-state index in [2.05, 4.69) is 12.2 Å². The number of sulfone groups is 1. The molecule has 1 aliphatic carbocycles. The number of rotatable bonds is 5. The van der Waals surface area contributed by atoms with Crippen molar-refractivity contribution in [2.45, 2.75) is 61.5 Å². The van der Waals surface area contributed by atoms with Crippen LogP contribution in [-0.4, -0.2) is 26.1 Å². The molecule has 1 aromatic carbocycles. The van der Waals surface area contributed by atoms with E-state index in [0.29, 0.717) is 12.8 Å². The first-order chi connectivity index (χ1) is 10.5. The van der Waals surface area contributed by atoms with Crippen molar-refractivity contribution < 1.29 is 13.2 Å². The molecule has 1 fully saturated rings. The molecular formula is C17H25NO3S. The number of nitrogens with one attached hydrogen (secondary N) is 1. The molecule has 1 aromatic rings. The van der Waals surface area contributed by atoms with E-state index in [1.807, 2.05) is 12.1 Å². The third-order valence-corrected chi connectivity index (χ3v) is 7.10. The van der Waals surface area contributed by atoms with Crippen LogP contribution in [0.4, 0.5) is 0 Å². The maximum atomic E-state index is 13.1. The van der Waals surface area contributed by atoms with Crippen LogP contribution in [0.3, 0.4) is 0 Å². The fraction of sp³-hybridized carbons (Fsp3) is 0.588. The van der Waals surface area contributed by atoms with Crippen LogP contribution >= 0.6 is 0 Å². The summed E-state index contributed by atoms with van der Waals surface area (Å²) in [6.07, 6.45) is 5.32. The Labute approximate surface area is 133 Å². The minimum absolute atomic E-state index is 0.262. The van der Waals surface area contributed by atoms with Crippen LogP contribution in [0.2, 0.25) is 0 Å². The van der Waals surface area contributed by atoms with Gasteiger partial charge in [0.25, 0.3) is 0 Å². The van der Waals surface area contributed by atoms with Gasteiger partial charge in [-0.1, -0.05) is 44.7 Å². The van der Waals surface area contributed by atoms with Gasteiger partial charge in [0, 0.05) is 7.05 Å². The minimum atomic E-state index is -3.68. The molecule has 0 heterocycles. The van der Waals surface area contributed by atoms with Crippen molar-refractivity contribution in [3.8, 4) is 0 Å². The number of benzene rings is 1. The predicted molar refractivity (Wildman–Crippen MR) is 87.5 cm³/mol. The van der Waals surface area contributed by atoms with Gasteiger partial charge in [0.1, 0.15) is 0 Å². The fourth-order valence-corrected chi connectivity index (χ4v) is 5.44. The number of aryl methyl sites for hydroxylation is 1. The summed E-state index contributed by atoms with van der Waals surface area (Å²) in [7, 11) is -2.17. The van der Waals surface area contributed by atoms with Gasteiger partial charge >= 0.3 is 0 Å². The van der Waals surface area contributed by atoms with Crippen LogP contribution in [0.15, 0.2) is 29.2 Å². The summed E-state index contributed by atoms with van der Waals surface area (Å²) < 4.78 is 24.9. The Morgan fingerprint density at radius 2 is 1.73 bits per heavy atom. The van der Waals surface area contributed by atoms with E-state index >= 15 is 0 Å². The second kappa shape index (κ2) is 6.82. The molecule has 0 aromatic heterocycles. The van der Waals surface area contributed by atoms with Gasteiger partial charge in [0.05, 0.1) is 4.90 Å². The van der Waals surface area contributed by atoms with E-state index in [1.165, 1.54) is 7.05 Å². The molecule has 1 amide bonds. The Balaban J connectivity index is 2.42. The van der Waals surface area contributed by atoms with E-state index < -0.39 is 14.6 Å². The Hall–Kier alpha value is -1.36. The highest BCUT2D eigenvalue weighted by Gasteiger charge is 2.51. The van der Waals surface area contributed by atoms with Crippen molar-refractivity contribution in [1.29, 1.82) is 0 Å². The van der Waals surface area contributed by atoms with Crippen molar-refractivity contribution in [1.82, 2.24) is 5.32 Å². The molecule has 0 radical (unpaired) electrons. The largest absolute Gasteiger partial charge is 0.358 e. The lowest BCUT2D eigenvalue weighted by Gasteiger charge is -2.34. The summed E-state index contributed by atoms with van der Waals surface area (Å²) in [5.74, 6) is -0.371. The van der Waals surface area contributed by atoms with Gasteiger partial charge in [-0.2, -0.15) is 0 Å². The topological polar surface area (TPSA) is 63.2 Å². The van der Waals surface area contributed by atoms with Crippen molar-refractivity contribution in [3.05, 3.63) is 29.8 Å². The van der Waals surface area contributed by atoms with E-state index in [1.54, 1.807) is 12.1 Å². The zero-order chi connectivity index (χ0) is 16.2. The van der Waals surface area contributed by atoms with Gasteiger partial charge < -0.3 is 5.32 Å². The zero-order valence-electron chi connectivity index (χ0n) is 13.4. The molecule has 0 bridgehead atoms. The SMILES string of the molecule is CCCc1ccc(S(=O)(=O)C2(C(=O)NC)CCCCC2)cc1. The standard InChI is InChI=1S/C17H25NO3S/c1-3-7-14-8-10-15(11-9-14)22(20,21)17(16(19)18-2)12-5-4-6-13-17/h8-11H,3-7,12-13H2,1-2H3,(H,18,19). The summed E-state index contributed by atoms with van der Waals surface area (Å²) >= 11 is 0. The smallest absolute Gasteiger partial charge is 0.241 e. The van der Waals surface area contributed by atoms with E-state index in [-0.39, 0.29) is 10.8 Å². The van der Waals surface area contributed by atoms with Gasteiger partial charge in [-0.15, -0.1) is 0 Å². The molecule has 1 saturated carbocycles. The third kappa shape index (κ3) is 2.91. The molecule has 0 spiro atoms. The molecule has 122 valence electrons. The molecule has 0 unspecified atom stereocenters. The van der Waals surface area contributed by atoms with Crippen LogP contribution in [0, 0.1) is 0 Å². The van der Waals surface area contributed by atoms with Crippen LogP contribution < -0.4 is 5.32 Å². The fourth-order valence-electron chi connectivity index (χ4n) is 3.32. The Kier molecular flexibility index (Phi) is 5.27. The summed E-state index contributed by atoms with van der Waals surface area (Å²) in [4.78, 5) is 12.6. The lowest BCUT2D eigenvalue weighted by atomic mass is 9.87. The first-order valence-electron chi connectivity index (χ1n) is 8.03. The summed E-state index contributed by atoms with van der Waals surface area (Å²) in [5.41, 5.74) is 1.12. The molecule has 22 heavy (non-hydrogen) atoms. The van der Waals surface area contributed by atoms with E-state index in [4.69, 9.17) is 0 Å². The lowest BCUT2D eigenvalue weighted by molar-refractivity contribution is -0.124. The molecule has 2 rings (SSSR count). The number of carbonyl (C=O) groups excluding carboxylic acids is 1. The van der Waals surface area contributed by atoms with E-state index in [0.717, 1.165) is 37.7 Å². The van der Waals surface area contributed by atoms with Gasteiger partial charge in [-0.25, -0.2) is 8.42 Å². The minimum Gasteiger partial charge on any atom is -0.358 e. The normalized spacial score (nSPS) is 17.9. The van der Waals surface area contributed by atoms with Gasteiger partial charge in [-0.05, 0) is 37.0 Å². The highest BCUT2D eigenvalue weighted by Crippen LogP contribution is 2.39. The van der Waals surface area contributed by atoms with Gasteiger partial charge in [0.2, 0.25) is 5.91 Å². The zero-order valence-corrected chi connectivity index (χ0v) is 14.2. The van der Waals surface area contributed by atoms with Crippen LogP contribution in [0.5, 0.6) is 0 Å². The molecule has 0 atom stereocenters. The average molecular weight is 323 g/mol. The molecule has 1 N–H and O–H groups in total. The quantitative estimate of drug-likeness (QED) is 0.906. The summed E-state index contributed by atoms with van der Waals surface area (Å²) in [6, 6.07) is 7.02. The molecule has 5 heteroatoms. The first-order valence-corrected chi connectivity index (χ1v) is 9.52. The summed E-state index contributed by atoms with van der Waals surface area (Å²) in [5, 5.41) is 2.56. The lowest BCUT2D eigenvalue weighted by Crippen LogP contribution is -2.52.